The van der Waals surface area contributed by atoms with Crippen molar-refractivity contribution >= 4 is 21.7 Å². The van der Waals surface area contributed by atoms with Crippen LogP contribution in [0.2, 0.25) is 0 Å². The quantitative estimate of drug-likeness (QED) is 0.813. The van der Waals surface area contributed by atoms with Gasteiger partial charge in [0.15, 0.2) is 0 Å². The zero-order valence-electron chi connectivity index (χ0n) is 8.18. The molecule has 1 aromatic rings. The topological polar surface area (TPSA) is 17.1 Å². The normalized spacial score (nSPS) is 10.6. The summed E-state index contributed by atoms with van der Waals surface area (Å²) in [6.45, 7) is 3.64. The SMILES string of the molecule is CC(C)C(=O)Cc1ccc(Br)cc1F. The number of carbonyl (C=O) groups excluding carboxylic acids is 1. The molecule has 0 heterocycles. The number of ketones is 1. The van der Waals surface area contributed by atoms with Crippen LogP contribution in [-0.4, -0.2) is 5.78 Å². The van der Waals surface area contributed by atoms with Crippen molar-refractivity contribution < 1.29 is 9.18 Å². The van der Waals surface area contributed by atoms with Crippen LogP contribution in [0.1, 0.15) is 19.4 Å². The van der Waals surface area contributed by atoms with Gasteiger partial charge in [-0.15, -0.1) is 0 Å². The zero-order valence-corrected chi connectivity index (χ0v) is 9.77. The van der Waals surface area contributed by atoms with Crippen LogP contribution in [0.3, 0.4) is 0 Å². The fraction of sp³-hybridized carbons (Fsp3) is 0.364. The number of hydrogen-bond donors (Lipinski definition) is 0. The van der Waals surface area contributed by atoms with Crippen LogP contribution < -0.4 is 0 Å². The van der Waals surface area contributed by atoms with Crippen molar-refractivity contribution in [2.75, 3.05) is 0 Å². The lowest BCUT2D eigenvalue weighted by molar-refractivity contribution is -0.121. The molecule has 1 nitrogen and oxygen atoms in total. The van der Waals surface area contributed by atoms with E-state index >= 15 is 0 Å². The largest absolute Gasteiger partial charge is 0.299 e. The Morgan fingerprint density at radius 2 is 2.14 bits per heavy atom. The minimum atomic E-state index is -0.326. The second-order valence-electron chi connectivity index (χ2n) is 3.53. The smallest absolute Gasteiger partial charge is 0.139 e. The Labute approximate surface area is 91.5 Å². The van der Waals surface area contributed by atoms with Gasteiger partial charge in [-0.3, -0.25) is 4.79 Å². The van der Waals surface area contributed by atoms with Crippen molar-refractivity contribution in [2.45, 2.75) is 20.3 Å². The van der Waals surface area contributed by atoms with Gasteiger partial charge in [0.2, 0.25) is 0 Å². The van der Waals surface area contributed by atoms with Gasteiger partial charge >= 0.3 is 0 Å². The van der Waals surface area contributed by atoms with E-state index in [2.05, 4.69) is 15.9 Å². The van der Waals surface area contributed by atoms with Gasteiger partial charge in [-0.1, -0.05) is 35.8 Å². The van der Waals surface area contributed by atoms with Gasteiger partial charge in [-0.25, -0.2) is 4.39 Å². The summed E-state index contributed by atoms with van der Waals surface area (Å²) in [5.74, 6) is -0.308. The number of halogens is 2. The van der Waals surface area contributed by atoms with E-state index in [-0.39, 0.29) is 23.9 Å². The Morgan fingerprint density at radius 3 is 2.64 bits per heavy atom. The van der Waals surface area contributed by atoms with Gasteiger partial charge in [0.1, 0.15) is 11.6 Å². The number of rotatable bonds is 3. The highest BCUT2D eigenvalue weighted by Gasteiger charge is 2.11. The number of hydrogen-bond acceptors (Lipinski definition) is 1. The van der Waals surface area contributed by atoms with E-state index in [4.69, 9.17) is 0 Å². The fourth-order valence-corrected chi connectivity index (χ4v) is 1.39. The second kappa shape index (κ2) is 4.69. The zero-order chi connectivity index (χ0) is 10.7. The minimum absolute atomic E-state index is 0.0435. The van der Waals surface area contributed by atoms with E-state index < -0.39 is 0 Å². The molecule has 0 N–H and O–H groups in total. The first-order valence-corrected chi connectivity index (χ1v) is 5.26. The minimum Gasteiger partial charge on any atom is -0.299 e. The summed E-state index contributed by atoms with van der Waals surface area (Å²) in [6.07, 6.45) is 0.177. The molecule has 0 aliphatic heterocycles. The summed E-state index contributed by atoms with van der Waals surface area (Å²) in [7, 11) is 0. The van der Waals surface area contributed by atoms with E-state index in [9.17, 15) is 9.18 Å². The van der Waals surface area contributed by atoms with Crippen molar-refractivity contribution in [3.63, 3.8) is 0 Å². The number of benzene rings is 1. The molecule has 0 aromatic heterocycles. The van der Waals surface area contributed by atoms with E-state index in [1.54, 1.807) is 12.1 Å². The molecule has 0 amide bonds. The Hall–Kier alpha value is -0.700. The molecule has 0 unspecified atom stereocenters. The van der Waals surface area contributed by atoms with Crippen LogP contribution in [0, 0.1) is 11.7 Å². The van der Waals surface area contributed by atoms with E-state index in [0.29, 0.717) is 10.0 Å². The summed E-state index contributed by atoms with van der Waals surface area (Å²) < 4.78 is 14.0. The fourth-order valence-electron chi connectivity index (χ4n) is 1.06. The van der Waals surface area contributed by atoms with Crippen molar-refractivity contribution in [2.24, 2.45) is 5.92 Å². The maximum absolute atomic E-state index is 13.3. The summed E-state index contributed by atoms with van der Waals surface area (Å²) in [6, 6.07) is 4.76. The molecular formula is C11H12BrFO. The highest BCUT2D eigenvalue weighted by molar-refractivity contribution is 9.10. The van der Waals surface area contributed by atoms with E-state index in [0.717, 1.165) is 0 Å². The van der Waals surface area contributed by atoms with Crippen molar-refractivity contribution in [1.29, 1.82) is 0 Å². The first-order valence-electron chi connectivity index (χ1n) is 4.47. The molecule has 76 valence electrons. The highest BCUT2D eigenvalue weighted by Crippen LogP contribution is 2.16. The first-order chi connectivity index (χ1) is 6.50. The lowest BCUT2D eigenvalue weighted by Gasteiger charge is -2.05. The van der Waals surface area contributed by atoms with Crippen LogP contribution in [0.5, 0.6) is 0 Å². The molecule has 0 aliphatic rings. The van der Waals surface area contributed by atoms with Gasteiger partial charge in [0.05, 0.1) is 0 Å². The van der Waals surface area contributed by atoms with Gasteiger partial charge in [-0.05, 0) is 17.7 Å². The highest BCUT2D eigenvalue weighted by atomic mass is 79.9. The van der Waals surface area contributed by atoms with E-state index in [1.807, 2.05) is 13.8 Å². The molecule has 3 heteroatoms. The molecule has 14 heavy (non-hydrogen) atoms. The van der Waals surface area contributed by atoms with Crippen LogP contribution in [0.4, 0.5) is 4.39 Å². The molecule has 0 aliphatic carbocycles. The van der Waals surface area contributed by atoms with E-state index in [1.165, 1.54) is 6.07 Å². The molecule has 1 rings (SSSR count). The van der Waals surface area contributed by atoms with Crippen LogP contribution >= 0.6 is 15.9 Å². The maximum Gasteiger partial charge on any atom is 0.139 e. The predicted octanol–water partition coefficient (Wildman–Crippen LogP) is 3.36. The Balaban J connectivity index is 2.82. The molecule has 0 spiro atoms. The number of carbonyl (C=O) groups is 1. The lowest BCUT2D eigenvalue weighted by atomic mass is 10.0. The molecule has 0 fully saturated rings. The lowest BCUT2D eigenvalue weighted by Crippen LogP contribution is -2.11. The van der Waals surface area contributed by atoms with Crippen molar-refractivity contribution in [1.82, 2.24) is 0 Å². The molecule has 0 atom stereocenters. The Morgan fingerprint density at radius 1 is 1.50 bits per heavy atom. The molecule has 0 saturated carbocycles. The summed E-state index contributed by atoms with van der Waals surface area (Å²) in [5.41, 5.74) is 0.465. The average Bonchev–Trinajstić information content (AvgIpc) is 2.09. The first kappa shape index (κ1) is 11.4. The van der Waals surface area contributed by atoms with Crippen molar-refractivity contribution in [3.05, 3.63) is 34.1 Å². The summed E-state index contributed by atoms with van der Waals surface area (Å²) in [4.78, 5) is 11.4. The van der Waals surface area contributed by atoms with Crippen molar-refractivity contribution in [3.8, 4) is 0 Å². The molecule has 0 bridgehead atoms. The summed E-state index contributed by atoms with van der Waals surface area (Å²) in [5, 5.41) is 0. The second-order valence-corrected chi connectivity index (χ2v) is 4.45. The molecule has 0 radical (unpaired) electrons. The third-order valence-electron chi connectivity index (χ3n) is 2.02. The summed E-state index contributed by atoms with van der Waals surface area (Å²) >= 11 is 3.17. The molecule has 0 saturated heterocycles. The molecule has 1 aromatic carbocycles. The monoisotopic (exact) mass is 258 g/mol. The third kappa shape index (κ3) is 2.91. The Bertz CT molecular complexity index is 347. The predicted molar refractivity (Wildman–Crippen MR) is 57.6 cm³/mol. The van der Waals surface area contributed by atoms with Crippen LogP contribution in [0.15, 0.2) is 22.7 Å². The molecular weight excluding hydrogens is 247 g/mol. The van der Waals surface area contributed by atoms with Gasteiger partial charge in [0, 0.05) is 16.8 Å². The number of Topliss-reactive ketones (excluding diaryl/α,β-unsaturated/α-hetero) is 1. The maximum atomic E-state index is 13.3. The van der Waals surface area contributed by atoms with Gasteiger partial charge < -0.3 is 0 Å². The third-order valence-corrected chi connectivity index (χ3v) is 2.52. The van der Waals surface area contributed by atoms with Crippen LogP contribution in [0.25, 0.3) is 0 Å². The standard InChI is InChI=1S/C11H12BrFO/c1-7(2)11(14)5-8-3-4-9(12)6-10(8)13/h3-4,6-7H,5H2,1-2H3. The van der Waals surface area contributed by atoms with Crippen LogP contribution in [-0.2, 0) is 11.2 Å². The van der Waals surface area contributed by atoms with Gasteiger partial charge in [-0.2, -0.15) is 0 Å². The average molecular weight is 259 g/mol. The van der Waals surface area contributed by atoms with Gasteiger partial charge in [0.25, 0.3) is 0 Å². The Kier molecular flexibility index (Phi) is 3.81.